The molecule has 1 atom stereocenters. The van der Waals surface area contributed by atoms with E-state index in [1.165, 1.54) is 25.7 Å². The van der Waals surface area contributed by atoms with E-state index in [2.05, 4.69) is 45.2 Å². The van der Waals surface area contributed by atoms with E-state index in [9.17, 15) is 0 Å². The third-order valence-electron chi connectivity index (χ3n) is 3.85. The smallest absolute Gasteiger partial charge is 0.243 e. The van der Waals surface area contributed by atoms with Gasteiger partial charge in [-0.1, -0.05) is 20.3 Å². The summed E-state index contributed by atoms with van der Waals surface area (Å²) in [5, 5.41) is 7.97. The molecule has 0 aliphatic heterocycles. The van der Waals surface area contributed by atoms with Crippen LogP contribution in [0, 0.1) is 5.41 Å². The number of aromatic nitrogens is 3. The third-order valence-corrected chi connectivity index (χ3v) is 4.47. The van der Waals surface area contributed by atoms with Crippen molar-refractivity contribution < 1.29 is 0 Å². The van der Waals surface area contributed by atoms with Crippen LogP contribution in [0.3, 0.4) is 0 Å². The molecular formula is C14H19BrN4. The van der Waals surface area contributed by atoms with E-state index in [1.54, 1.807) is 4.52 Å². The molecule has 1 aliphatic carbocycles. The third kappa shape index (κ3) is 2.76. The fourth-order valence-electron chi connectivity index (χ4n) is 2.94. The summed E-state index contributed by atoms with van der Waals surface area (Å²) in [5.74, 6) is 0.731. The number of anilines is 1. The average molecular weight is 323 g/mol. The van der Waals surface area contributed by atoms with Gasteiger partial charge in [-0.2, -0.15) is 4.98 Å². The molecule has 2 heterocycles. The van der Waals surface area contributed by atoms with Gasteiger partial charge >= 0.3 is 0 Å². The van der Waals surface area contributed by atoms with Crippen molar-refractivity contribution in [2.75, 3.05) is 5.32 Å². The van der Waals surface area contributed by atoms with Gasteiger partial charge in [-0.3, -0.25) is 0 Å². The highest BCUT2D eigenvalue weighted by molar-refractivity contribution is 9.10. The lowest BCUT2D eigenvalue weighted by Crippen LogP contribution is -2.32. The van der Waals surface area contributed by atoms with E-state index in [0.717, 1.165) is 16.1 Å². The Morgan fingerprint density at radius 3 is 3.05 bits per heavy atom. The van der Waals surface area contributed by atoms with Crippen molar-refractivity contribution in [3.63, 3.8) is 0 Å². The first-order valence-corrected chi connectivity index (χ1v) is 7.60. The van der Waals surface area contributed by atoms with Crippen LogP contribution in [0.15, 0.2) is 22.8 Å². The maximum atomic E-state index is 4.55. The molecule has 102 valence electrons. The van der Waals surface area contributed by atoms with Gasteiger partial charge in [0, 0.05) is 12.2 Å². The Balaban J connectivity index is 1.80. The normalized spacial score (nSPS) is 22.6. The lowest BCUT2D eigenvalue weighted by molar-refractivity contribution is 0.229. The van der Waals surface area contributed by atoms with Crippen LogP contribution >= 0.6 is 15.9 Å². The second kappa shape index (κ2) is 4.78. The Labute approximate surface area is 121 Å². The summed E-state index contributed by atoms with van der Waals surface area (Å²) in [6.45, 7) is 4.68. The van der Waals surface area contributed by atoms with E-state index in [-0.39, 0.29) is 0 Å². The maximum absolute atomic E-state index is 4.55. The van der Waals surface area contributed by atoms with Gasteiger partial charge in [-0.25, -0.2) is 4.52 Å². The molecule has 1 unspecified atom stereocenters. The number of fused-ring (bicyclic) bond motifs is 1. The predicted octanol–water partition coefficient (Wildman–Crippen LogP) is 3.87. The van der Waals surface area contributed by atoms with E-state index < -0.39 is 0 Å². The molecular weight excluding hydrogens is 304 g/mol. The number of nitrogens with zero attached hydrogens (tertiary/aromatic N) is 3. The number of hydrogen-bond acceptors (Lipinski definition) is 3. The van der Waals surface area contributed by atoms with Gasteiger partial charge in [-0.15, -0.1) is 5.10 Å². The van der Waals surface area contributed by atoms with Crippen molar-refractivity contribution in [2.24, 2.45) is 5.41 Å². The van der Waals surface area contributed by atoms with Gasteiger partial charge < -0.3 is 5.32 Å². The zero-order chi connectivity index (χ0) is 13.5. The zero-order valence-electron chi connectivity index (χ0n) is 11.4. The highest BCUT2D eigenvalue weighted by Crippen LogP contribution is 2.36. The molecule has 5 heteroatoms. The van der Waals surface area contributed by atoms with E-state index in [4.69, 9.17) is 0 Å². The highest BCUT2D eigenvalue weighted by atomic mass is 79.9. The fourth-order valence-corrected chi connectivity index (χ4v) is 3.36. The van der Waals surface area contributed by atoms with Gasteiger partial charge in [0.05, 0.1) is 4.47 Å². The van der Waals surface area contributed by atoms with Crippen LogP contribution in [-0.4, -0.2) is 20.6 Å². The second-order valence-electron chi connectivity index (χ2n) is 6.16. The zero-order valence-corrected chi connectivity index (χ0v) is 12.9. The molecule has 1 aliphatic rings. The molecule has 0 bridgehead atoms. The van der Waals surface area contributed by atoms with Crippen molar-refractivity contribution in [1.29, 1.82) is 0 Å². The molecule has 3 rings (SSSR count). The van der Waals surface area contributed by atoms with Crippen molar-refractivity contribution in [3.05, 3.63) is 22.8 Å². The van der Waals surface area contributed by atoms with E-state index >= 15 is 0 Å². The molecule has 0 aromatic carbocycles. The molecule has 1 saturated carbocycles. The Morgan fingerprint density at radius 1 is 1.47 bits per heavy atom. The van der Waals surface area contributed by atoms with Crippen LogP contribution in [0.2, 0.25) is 0 Å². The first-order chi connectivity index (χ1) is 9.03. The Bertz CT molecular complexity index is 590. The lowest BCUT2D eigenvalue weighted by Gasteiger charge is -2.35. The van der Waals surface area contributed by atoms with Crippen molar-refractivity contribution >= 4 is 27.5 Å². The first kappa shape index (κ1) is 12.9. The molecule has 1 fully saturated rings. The standard InChI is InChI=1S/C14H19BrN4/c1-14(2)7-3-5-10(9-14)16-13-17-12-11(15)6-4-8-19(12)18-13/h4,6,8,10H,3,5,7,9H2,1-2H3,(H,16,18). The molecule has 4 nitrogen and oxygen atoms in total. The summed E-state index contributed by atoms with van der Waals surface area (Å²) < 4.78 is 2.78. The van der Waals surface area contributed by atoms with Crippen molar-refractivity contribution in [3.8, 4) is 0 Å². The SMILES string of the molecule is CC1(C)CCCC(Nc2nc3c(Br)cccn3n2)C1. The molecule has 1 N–H and O–H groups in total. The number of halogens is 1. The van der Waals surface area contributed by atoms with Gasteiger partial charge in [0.15, 0.2) is 5.65 Å². The largest absolute Gasteiger partial charge is 0.350 e. The predicted molar refractivity (Wildman–Crippen MR) is 80.3 cm³/mol. The Kier molecular flexibility index (Phi) is 3.25. The Morgan fingerprint density at radius 2 is 2.32 bits per heavy atom. The first-order valence-electron chi connectivity index (χ1n) is 6.81. The minimum absolute atomic E-state index is 0.426. The summed E-state index contributed by atoms with van der Waals surface area (Å²) in [4.78, 5) is 4.55. The van der Waals surface area contributed by atoms with Crippen LogP contribution in [0.25, 0.3) is 5.65 Å². The molecule has 2 aromatic rings. The summed E-state index contributed by atoms with van der Waals surface area (Å²) in [5.41, 5.74) is 1.29. The summed E-state index contributed by atoms with van der Waals surface area (Å²) in [6.07, 6.45) is 6.91. The molecule has 0 spiro atoms. The second-order valence-corrected chi connectivity index (χ2v) is 7.02. The number of nitrogens with one attached hydrogen (secondary N) is 1. The summed E-state index contributed by atoms with van der Waals surface area (Å²) in [6, 6.07) is 4.43. The van der Waals surface area contributed by atoms with Crippen LogP contribution in [0.4, 0.5) is 5.95 Å². The monoisotopic (exact) mass is 322 g/mol. The van der Waals surface area contributed by atoms with Crippen LogP contribution < -0.4 is 5.32 Å². The number of pyridine rings is 1. The van der Waals surface area contributed by atoms with Gasteiger partial charge in [0.1, 0.15) is 0 Å². The van der Waals surface area contributed by atoms with Crippen LogP contribution in [0.5, 0.6) is 0 Å². The van der Waals surface area contributed by atoms with Crippen molar-refractivity contribution in [1.82, 2.24) is 14.6 Å². The topological polar surface area (TPSA) is 42.2 Å². The minimum atomic E-state index is 0.426. The summed E-state index contributed by atoms with van der Waals surface area (Å²) >= 11 is 3.50. The summed E-state index contributed by atoms with van der Waals surface area (Å²) in [7, 11) is 0. The van der Waals surface area contributed by atoms with Crippen LogP contribution in [-0.2, 0) is 0 Å². The van der Waals surface area contributed by atoms with Crippen molar-refractivity contribution in [2.45, 2.75) is 45.6 Å². The molecule has 0 amide bonds. The molecule has 19 heavy (non-hydrogen) atoms. The van der Waals surface area contributed by atoms with E-state index in [0.29, 0.717) is 11.5 Å². The Hall–Kier alpha value is -1.10. The molecule has 2 aromatic heterocycles. The fraction of sp³-hybridized carbons (Fsp3) is 0.571. The average Bonchev–Trinajstić information content (AvgIpc) is 2.71. The molecule has 0 radical (unpaired) electrons. The highest BCUT2D eigenvalue weighted by Gasteiger charge is 2.28. The van der Waals surface area contributed by atoms with E-state index in [1.807, 2.05) is 18.3 Å². The molecule has 0 saturated heterocycles. The lowest BCUT2D eigenvalue weighted by atomic mass is 9.75. The van der Waals surface area contributed by atoms with Crippen LogP contribution in [0.1, 0.15) is 39.5 Å². The maximum Gasteiger partial charge on any atom is 0.243 e. The van der Waals surface area contributed by atoms with Gasteiger partial charge in [0.2, 0.25) is 5.95 Å². The van der Waals surface area contributed by atoms with Gasteiger partial charge in [0.25, 0.3) is 0 Å². The number of rotatable bonds is 2. The van der Waals surface area contributed by atoms with Gasteiger partial charge in [-0.05, 0) is 52.7 Å². The number of hydrogen-bond donors (Lipinski definition) is 1. The quantitative estimate of drug-likeness (QED) is 0.912. The minimum Gasteiger partial charge on any atom is -0.350 e.